The topological polar surface area (TPSA) is 61.9 Å². The molecule has 2 heterocycles. The van der Waals surface area contributed by atoms with E-state index in [2.05, 4.69) is 22.1 Å². The summed E-state index contributed by atoms with van der Waals surface area (Å²) in [5.41, 5.74) is 0.501. The number of methoxy groups -OCH3 is 1. The fraction of sp³-hybridized carbons (Fsp3) is 0.636. The van der Waals surface area contributed by atoms with Gasteiger partial charge in [0.15, 0.2) is 0 Å². The van der Waals surface area contributed by atoms with Crippen molar-refractivity contribution in [3.63, 3.8) is 0 Å². The molecule has 1 aliphatic rings. The van der Waals surface area contributed by atoms with Crippen molar-refractivity contribution in [3.8, 4) is 11.8 Å². The minimum atomic E-state index is -0.410. The molecule has 0 aliphatic carbocycles. The summed E-state index contributed by atoms with van der Waals surface area (Å²) in [6.45, 7) is 8.44. The minimum absolute atomic E-state index is 0.0914. The van der Waals surface area contributed by atoms with Crippen LogP contribution in [0.5, 0.6) is 0 Å². The Morgan fingerprint density at radius 3 is 2.72 bits per heavy atom. The van der Waals surface area contributed by atoms with Gasteiger partial charge in [-0.15, -0.1) is 11.3 Å². The van der Waals surface area contributed by atoms with Crippen LogP contribution < -0.4 is 5.32 Å². The van der Waals surface area contributed by atoms with E-state index in [0.29, 0.717) is 17.1 Å². The summed E-state index contributed by atoms with van der Waals surface area (Å²) in [5.74, 6) is 6.02. The van der Waals surface area contributed by atoms with Crippen molar-refractivity contribution in [3.05, 3.63) is 15.8 Å². The van der Waals surface area contributed by atoms with Gasteiger partial charge in [-0.2, -0.15) is 0 Å². The molecular formula is C22H33N3O3S. The number of esters is 1. The first-order chi connectivity index (χ1) is 13.6. The van der Waals surface area contributed by atoms with E-state index in [4.69, 9.17) is 4.74 Å². The molecule has 160 valence electrons. The number of anilines is 1. The molecule has 1 N–H and O–H groups in total. The number of carbonyl (C=O) groups excluding carboxylic acids is 2. The van der Waals surface area contributed by atoms with Crippen LogP contribution in [0.15, 0.2) is 6.07 Å². The van der Waals surface area contributed by atoms with Crippen LogP contribution in [0.1, 0.15) is 54.6 Å². The molecule has 1 atom stereocenters. The fourth-order valence-electron chi connectivity index (χ4n) is 3.02. The number of rotatable bonds is 6. The average molecular weight is 420 g/mol. The number of amides is 1. The summed E-state index contributed by atoms with van der Waals surface area (Å²) in [6, 6.07) is 1.51. The fourth-order valence-corrected chi connectivity index (χ4v) is 3.92. The lowest BCUT2D eigenvalue weighted by Crippen LogP contribution is -2.44. The maximum atomic E-state index is 13.1. The van der Waals surface area contributed by atoms with Gasteiger partial charge in [-0.05, 0) is 60.2 Å². The third-order valence-electron chi connectivity index (χ3n) is 4.59. The molecule has 0 radical (unpaired) electrons. The summed E-state index contributed by atoms with van der Waals surface area (Å²) in [4.78, 5) is 30.6. The molecule has 1 aromatic rings. The molecule has 6 nitrogen and oxygen atoms in total. The number of likely N-dealkylation sites (tertiary alicyclic amines) is 1. The van der Waals surface area contributed by atoms with E-state index in [-0.39, 0.29) is 17.4 Å². The number of carbonyl (C=O) groups is 2. The lowest BCUT2D eigenvalue weighted by Gasteiger charge is -2.26. The van der Waals surface area contributed by atoms with Crippen LogP contribution in [0.25, 0.3) is 0 Å². The molecule has 0 bridgehead atoms. The number of nitrogens with zero attached hydrogens (tertiary/aromatic N) is 2. The van der Waals surface area contributed by atoms with E-state index in [1.807, 2.05) is 45.8 Å². The molecule has 1 aromatic heterocycles. The molecule has 0 aromatic carbocycles. The lowest BCUT2D eigenvalue weighted by molar-refractivity contribution is -0.131. The second-order valence-corrected chi connectivity index (χ2v) is 9.72. The number of ether oxygens (including phenoxy) is 1. The third kappa shape index (κ3) is 7.06. The van der Waals surface area contributed by atoms with Crippen LogP contribution >= 0.6 is 11.3 Å². The monoisotopic (exact) mass is 419 g/mol. The molecule has 1 unspecified atom stereocenters. The van der Waals surface area contributed by atoms with Gasteiger partial charge in [0.25, 0.3) is 0 Å². The SMILES string of the molecule is COC(=O)c1sc(C#CC(C)(C)C)cc1NC1CCCCN(CCN(C)C)C1=O. The number of nitrogens with one attached hydrogen (secondary N) is 1. The van der Waals surface area contributed by atoms with Crippen molar-refractivity contribution in [2.45, 2.75) is 46.1 Å². The van der Waals surface area contributed by atoms with Crippen LogP contribution in [-0.2, 0) is 9.53 Å². The Kier molecular flexibility index (Phi) is 8.12. The highest BCUT2D eigenvalue weighted by Gasteiger charge is 2.29. The van der Waals surface area contributed by atoms with Crippen molar-refractivity contribution < 1.29 is 14.3 Å². The van der Waals surface area contributed by atoms with Crippen LogP contribution in [0.2, 0.25) is 0 Å². The Bertz CT molecular complexity index is 783. The van der Waals surface area contributed by atoms with Gasteiger partial charge < -0.3 is 19.9 Å². The maximum Gasteiger partial charge on any atom is 0.350 e. The largest absolute Gasteiger partial charge is 0.465 e. The predicted octanol–water partition coefficient (Wildman–Crippen LogP) is 3.29. The Labute approximate surface area is 178 Å². The van der Waals surface area contributed by atoms with Gasteiger partial charge >= 0.3 is 5.97 Å². The van der Waals surface area contributed by atoms with Crippen LogP contribution in [0, 0.1) is 17.3 Å². The highest BCUT2D eigenvalue weighted by molar-refractivity contribution is 7.15. The zero-order chi connectivity index (χ0) is 21.6. The first-order valence-corrected chi connectivity index (χ1v) is 10.9. The summed E-state index contributed by atoms with van der Waals surface area (Å²) < 4.78 is 4.94. The van der Waals surface area contributed by atoms with Crippen LogP contribution in [-0.4, -0.2) is 68.6 Å². The third-order valence-corrected chi connectivity index (χ3v) is 5.62. The average Bonchev–Trinajstić information content (AvgIpc) is 2.97. The number of hydrogen-bond acceptors (Lipinski definition) is 6. The highest BCUT2D eigenvalue weighted by Crippen LogP contribution is 2.30. The van der Waals surface area contributed by atoms with Gasteiger partial charge in [-0.3, -0.25) is 4.79 Å². The summed E-state index contributed by atoms with van der Waals surface area (Å²) in [5, 5.41) is 3.33. The van der Waals surface area contributed by atoms with Crippen molar-refractivity contribution in [2.24, 2.45) is 5.41 Å². The standard InChI is InChI=1S/C22H33N3O3S/c1-22(2,3)11-10-16-15-18(19(29-16)21(27)28-6)23-17-9-7-8-12-25(20(17)26)14-13-24(4)5/h15,17,23H,7-9,12-14H2,1-6H3. The predicted molar refractivity (Wildman–Crippen MR) is 118 cm³/mol. The number of likely N-dealkylation sites (N-methyl/N-ethyl adjacent to an activating group) is 1. The molecule has 7 heteroatoms. The van der Waals surface area contributed by atoms with Crippen LogP contribution in [0.4, 0.5) is 5.69 Å². The Hall–Kier alpha value is -2.04. The summed E-state index contributed by atoms with van der Waals surface area (Å²) in [7, 11) is 5.38. The van der Waals surface area contributed by atoms with E-state index in [1.54, 1.807) is 0 Å². The maximum absolute atomic E-state index is 13.1. The molecule has 1 fully saturated rings. The van der Waals surface area contributed by atoms with Crippen molar-refractivity contribution in [1.82, 2.24) is 9.80 Å². The van der Waals surface area contributed by atoms with Gasteiger partial charge in [0.1, 0.15) is 10.9 Å². The Morgan fingerprint density at radius 2 is 2.10 bits per heavy atom. The Balaban J connectivity index is 2.25. The lowest BCUT2D eigenvalue weighted by atomic mass is 9.98. The van der Waals surface area contributed by atoms with Gasteiger partial charge in [0.2, 0.25) is 5.91 Å². The molecular weight excluding hydrogens is 386 g/mol. The summed E-state index contributed by atoms with van der Waals surface area (Å²) >= 11 is 1.30. The van der Waals surface area contributed by atoms with Crippen molar-refractivity contribution >= 4 is 28.9 Å². The Morgan fingerprint density at radius 1 is 1.38 bits per heavy atom. The van der Waals surface area contributed by atoms with Crippen molar-refractivity contribution in [2.75, 3.05) is 46.2 Å². The first kappa shape index (κ1) is 23.2. The molecule has 1 saturated heterocycles. The molecule has 1 amide bonds. The van der Waals surface area contributed by atoms with Gasteiger partial charge in [0, 0.05) is 25.0 Å². The van der Waals surface area contributed by atoms with E-state index < -0.39 is 5.97 Å². The second-order valence-electron chi connectivity index (χ2n) is 8.67. The minimum Gasteiger partial charge on any atom is -0.465 e. The van der Waals surface area contributed by atoms with E-state index in [9.17, 15) is 9.59 Å². The molecule has 1 aliphatic heterocycles. The van der Waals surface area contributed by atoms with Gasteiger partial charge in [-0.1, -0.05) is 11.8 Å². The number of hydrogen-bond donors (Lipinski definition) is 1. The quantitative estimate of drug-likeness (QED) is 0.566. The highest BCUT2D eigenvalue weighted by atomic mass is 32.1. The zero-order valence-electron chi connectivity index (χ0n) is 18.4. The van der Waals surface area contributed by atoms with E-state index in [0.717, 1.165) is 37.2 Å². The normalized spacial score (nSPS) is 17.6. The zero-order valence-corrected chi connectivity index (χ0v) is 19.2. The first-order valence-electron chi connectivity index (χ1n) is 10.1. The van der Waals surface area contributed by atoms with E-state index in [1.165, 1.54) is 18.4 Å². The molecule has 0 spiro atoms. The number of thiophene rings is 1. The molecule has 29 heavy (non-hydrogen) atoms. The molecule has 0 saturated carbocycles. The van der Waals surface area contributed by atoms with Crippen molar-refractivity contribution in [1.29, 1.82) is 0 Å². The van der Waals surface area contributed by atoms with Gasteiger partial charge in [-0.25, -0.2) is 4.79 Å². The summed E-state index contributed by atoms with van der Waals surface area (Å²) in [6.07, 6.45) is 2.71. The second kappa shape index (κ2) is 10.1. The molecule has 2 rings (SSSR count). The van der Waals surface area contributed by atoms with Gasteiger partial charge in [0.05, 0.1) is 17.7 Å². The smallest absolute Gasteiger partial charge is 0.350 e. The van der Waals surface area contributed by atoms with E-state index >= 15 is 0 Å². The van der Waals surface area contributed by atoms with Crippen LogP contribution in [0.3, 0.4) is 0 Å².